The highest BCUT2D eigenvalue weighted by molar-refractivity contribution is 5.33. The van der Waals surface area contributed by atoms with Crippen LogP contribution < -0.4 is 5.32 Å². The Kier molecular flexibility index (Phi) is 4.13. The van der Waals surface area contributed by atoms with E-state index in [1.807, 2.05) is 0 Å². The van der Waals surface area contributed by atoms with Crippen molar-refractivity contribution in [2.75, 3.05) is 32.9 Å². The Hall–Kier alpha value is -0.930. The zero-order valence-corrected chi connectivity index (χ0v) is 10.7. The van der Waals surface area contributed by atoms with Gasteiger partial charge in [-0.05, 0) is 25.0 Å². The van der Waals surface area contributed by atoms with E-state index in [-0.39, 0.29) is 12.7 Å². The van der Waals surface area contributed by atoms with Gasteiger partial charge in [0.25, 0.3) is 0 Å². The molecule has 2 nitrogen and oxygen atoms in total. The predicted octanol–water partition coefficient (Wildman–Crippen LogP) is 2.22. The van der Waals surface area contributed by atoms with Gasteiger partial charge in [-0.1, -0.05) is 23.8 Å². The second-order valence-electron chi connectivity index (χ2n) is 4.82. The lowest BCUT2D eigenvalue weighted by atomic mass is 9.98. The minimum Gasteiger partial charge on any atom is -0.314 e. The fourth-order valence-corrected chi connectivity index (χ4v) is 2.49. The molecule has 1 saturated heterocycles. The number of piperazine rings is 1. The molecule has 1 aliphatic rings. The van der Waals surface area contributed by atoms with Crippen molar-refractivity contribution >= 4 is 0 Å². The summed E-state index contributed by atoms with van der Waals surface area (Å²) in [6.07, 6.45) is 0. The van der Waals surface area contributed by atoms with Crippen molar-refractivity contribution < 1.29 is 4.39 Å². The molecule has 1 atom stereocenters. The minimum absolute atomic E-state index is 0.0722. The molecule has 1 aromatic carbocycles. The Bertz CT molecular complexity index is 372. The van der Waals surface area contributed by atoms with Gasteiger partial charge in [-0.3, -0.25) is 4.90 Å². The fraction of sp³-hybridized carbons (Fsp3) is 0.571. The van der Waals surface area contributed by atoms with E-state index in [4.69, 9.17) is 0 Å². The average Bonchev–Trinajstić information content (AvgIpc) is 2.36. The summed E-state index contributed by atoms with van der Waals surface area (Å²) < 4.78 is 13.4. The molecule has 0 aliphatic carbocycles. The van der Waals surface area contributed by atoms with Crippen LogP contribution in [0.25, 0.3) is 0 Å². The second-order valence-corrected chi connectivity index (χ2v) is 4.82. The summed E-state index contributed by atoms with van der Waals surface area (Å²) in [5.41, 5.74) is 3.55. The normalized spacial score (nSPS) is 19.2. The summed E-state index contributed by atoms with van der Waals surface area (Å²) in [7, 11) is 0. The first kappa shape index (κ1) is 12.5. The fourth-order valence-electron chi connectivity index (χ4n) is 2.49. The molecule has 94 valence electrons. The van der Waals surface area contributed by atoms with E-state index in [9.17, 15) is 4.39 Å². The highest BCUT2D eigenvalue weighted by Gasteiger charge is 2.23. The monoisotopic (exact) mass is 236 g/mol. The first-order valence-electron chi connectivity index (χ1n) is 6.30. The van der Waals surface area contributed by atoms with Crippen LogP contribution in [0, 0.1) is 13.8 Å². The number of rotatable bonds is 3. The highest BCUT2D eigenvalue weighted by atomic mass is 19.1. The lowest BCUT2D eigenvalue weighted by molar-refractivity contribution is 0.147. The quantitative estimate of drug-likeness (QED) is 0.865. The van der Waals surface area contributed by atoms with E-state index in [2.05, 4.69) is 42.3 Å². The molecule has 1 aromatic rings. The van der Waals surface area contributed by atoms with Crippen molar-refractivity contribution in [2.24, 2.45) is 0 Å². The zero-order chi connectivity index (χ0) is 12.3. The van der Waals surface area contributed by atoms with Crippen molar-refractivity contribution in [1.29, 1.82) is 0 Å². The summed E-state index contributed by atoms with van der Waals surface area (Å²) in [5, 5.41) is 3.31. The van der Waals surface area contributed by atoms with Gasteiger partial charge in [0.05, 0.1) is 6.04 Å². The molecule has 0 amide bonds. The number of hydrogen-bond donors (Lipinski definition) is 1. The maximum atomic E-state index is 13.4. The number of aryl methyl sites for hydroxylation is 2. The molecule has 0 spiro atoms. The van der Waals surface area contributed by atoms with Gasteiger partial charge in [0.1, 0.15) is 6.67 Å². The summed E-state index contributed by atoms with van der Waals surface area (Å²) in [6, 6.07) is 6.24. The van der Waals surface area contributed by atoms with Crippen molar-refractivity contribution in [3.05, 3.63) is 34.9 Å². The molecule has 1 N–H and O–H groups in total. The molecule has 2 rings (SSSR count). The van der Waals surface area contributed by atoms with E-state index < -0.39 is 0 Å². The van der Waals surface area contributed by atoms with E-state index in [1.54, 1.807) is 0 Å². The molecule has 1 heterocycles. The van der Waals surface area contributed by atoms with Gasteiger partial charge in [0, 0.05) is 26.2 Å². The minimum atomic E-state index is -0.301. The maximum Gasteiger partial charge on any atom is 0.109 e. The van der Waals surface area contributed by atoms with Gasteiger partial charge in [0.2, 0.25) is 0 Å². The maximum absolute atomic E-state index is 13.4. The van der Waals surface area contributed by atoms with E-state index in [0.717, 1.165) is 31.7 Å². The van der Waals surface area contributed by atoms with Crippen LogP contribution in [0.3, 0.4) is 0 Å². The molecule has 0 saturated carbocycles. The molecular weight excluding hydrogens is 215 g/mol. The second kappa shape index (κ2) is 5.61. The lowest BCUT2D eigenvalue weighted by Gasteiger charge is -2.34. The molecule has 1 fully saturated rings. The Labute approximate surface area is 103 Å². The largest absolute Gasteiger partial charge is 0.314 e. The molecule has 0 aromatic heterocycles. The smallest absolute Gasteiger partial charge is 0.109 e. The third-order valence-corrected chi connectivity index (χ3v) is 3.53. The number of benzene rings is 1. The van der Waals surface area contributed by atoms with Crippen LogP contribution in [0.2, 0.25) is 0 Å². The summed E-state index contributed by atoms with van der Waals surface area (Å²) in [4.78, 5) is 2.25. The molecule has 0 unspecified atom stereocenters. The third kappa shape index (κ3) is 2.85. The highest BCUT2D eigenvalue weighted by Crippen LogP contribution is 2.25. The number of alkyl halides is 1. The van der Waals surface area contributed by atoms with Gasteiger partial charge in [-0.2, -0.15) is 0 Å². The van der Waals surface area contributed by atoms with Gasteiger partial charge < -0.3 is 5.32 Å². The number of hydrogen-bond acceptors (Lipinski definition) is 2. The Balaban J connectivity index is 2.24. The van der Waals surface area contributed by atoms with E-state index in [0.29, 0.717) is 0 Å². The summed E-state index contributed by atoms with van der Waals surface area (Å²) in [6.45, 7) is 7.62. The van der Waals surface area contributed by atoms with Crippen LogP contribution in [0.4, 0.5) is 4.39 Å². The summed E-state index contributed by atoms with van der Waals surface area (Å²) >= 11 is 0. The SMILES string of the molecule is Cc1ccc(C)c([C@@H](CF)N2CCNCC2)c1. The number of halogens is 1. The van der Waals surface area contributed by atoms with Crippen LogP contribution in [0.5, 0.6) is 0 Å². The molecule has 17 heavy (non-hydrogen) atoms. The zero-order valence-electron chi connectivity index (χ0n) is 10.7. The van der Waals surface area contributed by atoms with E-state index >= 15 is 0 Å². The topological polar surface area (TPSA) is 15.3 Å². The number of nitrogens with zero attached hydrogens (tertiary/aromatic N) is 1. The first-order chi connectivity index (χ1) is 8.22. The van der Waals surface area contributed by atoms with Gasteiger partial charge in [-0.25, -0.2) is 4.39 Å². The van der Waals surface area contributed by atoms with Crippen molar-refractivity contribution in [3.63, 3.8) is 0 Å². The van der Waals surface area contributed by atoms with Crippen LogP contribution >= 0.6 is 0 Å². The molecule has 0 bridgehead atoms. The third-order valence-electron chi connectivity index (χ3n) is 3.53. The lowest BCUT2D eigenvalue weighted by Crippen LogP contribution is -2.45. The molecule has 1 aliphatic heterocycles. The Morgan fingerprint density at radius 1 is 1.29 bits per heavy atom. The molecule has 3 heteroatoms. The summed E-state index contributed by atoms with van der Waals surface area (Å²) in [5.74, 6) is 0. The average molecular weight is 236 g/mol. The van der Waals surface area contributed by atoms with Gasteiger partial charge >= 0.3 is 0 Å². The van der Waals surface area contributed by atoms with Crippen molar-refractivity contribution in [1.82, 2.24) is 10.2 Å². The molecular formula is C14H21FN2. The van der Waals surface area contributed by atoms with Gasteiger partial charge in [0.15, 0.2) is 0 Å². The van der Waals surface area contributed by atoms with Crippen LogP contribution in [0.1, 0.15) is 22.7 Å². The standard InChI is InChI=1S/C14H21FN2/c1-11-3-4-12(2)13(9-11)14(10-15)17-7-5-16-6-8-17/h3-4,9,14,16H,5-8,10H2,1-2H3/t14-/m1/s1. The molecule has 0 radical (unpaired) electrons. The van der Waals surface area contributed by atoms with Crippen LogP contribution in [-0.2, 0) is 0 Å². The van der Waals surface area contributed by atoms with Crippen LogP contribution in [-0.4, -0.2) is 37.8 Å². The number of nitrogens with one attached hydrogen (secondary N) is 1. The van der Waals surface area contributed by atoms with Crippen molar-refractivity contribution in [3.8, 4) is 0 Å². The van der Waals surface area contributed by atoms with Gasteiger partial charge in [-0.15, -0.1) is 0 Å². The van der Waals surface area contributed by atoms with Crippen LogP contribution in [0.15, 0.2) is 18.2 Å². The predicted molar refractivity (Wildman–Crippen MR) is 69.1 cm³/mol. The van der Waals surface area contributed by atoms with E-state index in [1.165, 1.54) is 11.1 Å². The Morgan fingerprint density at radius 2 is 2.00 bits per heavy atom. The Morgan fingerprint density at radius 3 is 2.65 bits per heavy atom. The van der Waals surface area contributed by atoms with Crippen molar-refractivity contribution in [2.45, 2.75) is 19.9 Å². The first-order valence-corrected chi connectivity index (χ1v) is 6.30.